The molecule has 3 aromatic rings. The lowest BCUT2D eigenvalue weighted by atomic mass is 10.1. The van der Waals surface area contributed by atoms with Gasteiger partial charge in [-0.3, -0.25) is 4.79 Å². The van der Waals surface area contributed by atoms with E-state index >= 15 is 0 Å². The average molecular weight is 476 g/mol. The van der Waals surface area contributed by atoms with Gasteiger partial charge in [0.25, 0.3) is 0 Å². The van der Waals surface area contributed by atoms with Crippen molar-refractivity contribution in [1.29, 1.82) is 0 Å². The lowest BCUT2D eigenvalue weighted by Crippen LogP contribution is -2.40. The van der Waals surface area contributed by atoms with Crippen LogP contribution in [0.25, 0.3) is 10.9 Å². The fraction of sp³-hybridized carbons (Fsp3) is 0.273. The van der Waals surface area contributed by atoms with Gasteiger partial charge >= 0.3 is 0 Å². The molecule has 168 valence electrons. The van der Waals surface area contributed by atoms with Crippen molar-refractivity contribution in [3.63, 3.8) is 0 Å². The quantitative estimate of drug-likeness (QED) is 0.550. The van der Waals surface area contributed by atoms with Crippen molar-refractivity contribution >= 4 is 44.3 Å². The van der Waals surface area contributed by atoms with Crippen LogP contribution in [0.4, 0.5) is 10.1 Å². The van der Waals surface area contributed by atoms with Crippen molar-refractivity contribution < 1.29 is 22.3 Å². The molecule has 4 rings (SSSR count). The number of hydrogen-bond donors (Lipinski definition) is 1. The van der Waals surface area contributed by atoms with Crippen LogP contribution in [0.2, 0.25) is 0 Å². The van der Waals surface area contributed by atoms with E-state index in [4.69, 9.17) is 4.74 Å². The number of thioether (sulfide) groups is 1. The van der Waals surface area contributed by atoms with Crippen LogP contribution in [-0.2, 0) is 19.6 Å². The van der Waals surface area contributed by atoms with E-state index in [1.165, 1.54) is 40.3 Å². The Morgan fingerprint density at radius 1 is 1.16 bits per heavy atom. The predicted molar refractivity (Wildman–Crippen MR) is 122 cm³/mol. The highest BCUT2D eigenvalue weighted by Gasteiger charge is 2.26. The Bertz CT molecular complexity index is 1240. The van der Waals surface area contributed by atoms with Gasteiger partial charge in [-0.2, -0.15) is 4.31 Å². The van der Waals surface area contributed by atoms with E-state index in [1.807, 2.05) is 13.0 Å². The highest BCUT2D eigenvalue weighted by molar-refractivity contribution is 7.99. The number of nitrogens with zero attached hydrogens (tertiary/aromatic N) is 2. The molecular formula is C22H22FN3O4S2. The number of sulfonamides is 1. The minimum atomic E-state index is -3.59. The number of hydrogen-bond acceptors (Lipinski definition) is 6. The summed E-state index contributed by atoms with van der Waals surface area (Å²) in [5.41, 5.74) is 2.05. The molecule has 0 unspecified atom stereocenters. The van der Waals surface area contributed by atoms with Crippen molar-refractivity contribution in [2.45, 2.75) is 16.8 Å². The number of rotatable bonds is 6. The molecule has 0 atom stereocenters. The Kier molecular flexibility index (Phi) is 6.75. The van der Waals surface area contributed by atoms with Crippen LogP contribution in [0.15, 0.2) is 58.5 Å². The molecule has 0 bridgehead atoms. The summed E-state index contributed by atoms with van der Waals surface area (Å²) in [6, 6.07) is 12.3. The number of anilines is 1. The number of morpholine rings is 1. The van der Waals surface area contributed by atoms with Crippen LogP contribution in [0, 0.1) is 12.7 Å². The molecule has 10 heteroatoms. The molecule has 0 spiro atoms. The first-order valence-electron chi connectivity index (χ1n) is 10.0. The first-order valence-corrected chi connectivity index (χ1v) is 12.4. The monoisotopic (exact) mass is 475 g/mol. The lowest BCUT2D eigenvalue weighted by molar-refractivity contribution is -0.113. The summed E-state index contributed by atoms with van der Waals surface area (Å²) in [6.45, 7) is 3.35. The van der Waals surface area contributed by atoms with Gasteiger partial charge in [-0.05, 0) is 61.0 Å². The molecule has 0 saturated carbocycles. The van der Waals surface area contributed by atoms with Crippen LogP contribution in [-0.4, -0.2) is 55.7 Å². The number of aromatic nitrogens is 1. The van der Waals surface area contributed by atoms with E-state index in [0.717, 1.165) is 10.9 Å². The third kappa shape index (κ3) is 5.09. The molecule has 0 radical (unpaired) electrons. The maximum atomic E-state index is 13.0. The Balaban J connectivity index is 1.48. The number of benzene rings is 2. The van der Waals surface area contributed by atoms with Gasteiger partial charge in [0.2, 0.25) is 15.9 Å². The topological polar surface area (TPSA) is 88.6 Å². The van der Waals surface area contributed by atoms with Crippen LogP contribution in [0.5, 0.6) is 0 Å². The van der Waals surface area contributed by atoms with E-state index in [0.29, 0.717) is 42.5 Å². The number of carbonyl (C=O) groups excluding carboxylic acids is 1. The SMILES string of the molecule is Cc1cc(SCC(=O)Nc2ccc(F)cc2)nc2ccc(S(=O)(=O)N3CCOCC3)cc12. The van der Waals surface area contributed by atoms with Gasteiger partial charge in [0.15, 0.2) is 0 Å². The first-order chi connectivity index (χ1) is 15.3. The van der Waals surface area contributed by atoms with Crippen LogP contribution in [0.3, 0.4) is 0 Å². The summed E-state index contributed by atoms with van der Waals surface area (Å²) in [6.07, 6.45) is 0. The van der Waals surface area contributed by atoms with Crippen molar-refractivity contribution in [2.24, 2.45) is 0 Å². The molecule has 2 aromatic carbocycles. The fourth-order valence-electron chi connectivity index (χ4n) is 3.38. The lowest BCUT2D eigenvalue weighted by Gasteiger charge is -2.26. The molecule has 0 aliphatic carbocycles. The van der Waals surface area contributed by atoms with Crippen molar-refractivity contribution in [2.75, 3.05) is 37.4 Å². The molecular weight excluding hydrogens is 453 g/mol. The summed E-state index contributed by atoms with van der Waals surface area (Å²) < 4.78 is 45.5. The smallest absolute Gasteiger partial charge is 0.243 e. The number of carbonyl (C=O) groups is 1. The zero-order valence-electron chi connectivity index (χ0n) is 17.4. The first kappa shape index (κ1) is 22.7. The number of fused-ring (bicyclic) bond motifs is 1. The van der Waals surface area contributed by atoms with Gasteiger partial charge in [-0.1, -0.05) is 11.8 Å². The van der Waals surface area contributed by atoms with E-state index < -0.39 is 10.0 Å². The van der Waals surface area contributed by atoms with Crippen molar-refractivity contribution in [3.05, 3.63) is 59.9 Å². The second kappa shape index (κ2) is 9.53. The Morgan fingerprint density at radius 3 is 2.59 bits per heavy atom. The molecule has 1 N–H and O–H groups in total. The summed E-state index contributed by atoms with van der Waals surface area (Å²) in [4.78, 5) is 17.0. The van der Waals surface area contributed by atoms with Crippen molar-refractivity contribution in [1.82, 2.24) is 9.29 Å². The normalized spacial score (nSPS) is 15.1. The van der Waals surface area contributed by atoms with E-state index in [1.54, 1.807) is 18.2 Å². The third-order valence-corrected chi connectivity index (χ3v) is 7.86. The number of aryl methyl sites for hydroxylation is 1. The molecule has 7 nitrogen and oxygen atoms in total. The molecule has 1 saturated heterocycles. The van der Waals surface area contributed by atoms with Gasteiger partial charge in [0, 0.05) is 24.2 Å². The number of halogens is 1. The summed E-state index contributed by atoms with van der Waals surface area (Å²) >= 11 is 1.27. The van der Waals surface area contributed by atoms with Gasteiger partial charge in [0.05, 0.1) is 34.4 Å². The minimum absolute atomic E-state index is 0.138. The van der Waals surface area contributed by atoms with Crippen LogP contribution < -0.4 is 5.32 Å². The van der Waals surface area contributed by atoms with Crippen LogP contribution in [0.1, 0.15) is 5.56 Å². The van der Waals surface area contributed by atoms with Gasteiger partial charge < -0.3 is 10.1 Å². The zero-order valence-corrected chi connectivity index (χ0v) is 19.0. The molecule has 1 fully saturated rings. The maximum absolute atomic E-state index is 13.0. The summed E-state index contributed by atoms with van der Waals surface area (Å²) in [5.74, 6) is -0.457. The largest absolute Gasteiger partial charge is 0.379 e. The van der Waals surface area contributed by atoms with E-state index in [-0.39, 0.29) is 22.4 Å². The summed E-state index contributed by atoms with van der Waals surface area (Å²) in [5, 5.41) is 4.12. The number of nitrogens with one attached hydrogen (secondary N) is 1. The molecule has 1 amide bonds. The average Bonchev–Trinajstić information content (AvgIpc) is 2.79. The van der Waals surface area contributed by atoms with E-state index in [9.17, 15) is 17.6 Å². The fourth-order valence-corrected chi connectivity index (χ4v) is 5.59. The minimum Gasteiger partial charge on any atom is -0.379 e. The Morgan fingerprint density at radius 2 is 1.88 bits per heavy atom. The number of amides is 1. The molecule has 32 heavy (non-hydrogen) atoms. The molecule has 1 aliphatic heterocycles. The molecule has 2 heterocycles. The highest BCUT2D eigenvalue weighted by Crippen LogP contribution is 2.27. The standard InChI is InChI=1S/C22H22FN3O4S2/c1-15-12-22(31-14-21(27)24-17-4-2-16(23)3-5-17)25-20-7-6-18(13-19(15)20)32(28,29)26-8-10-30-11-9-26/h2-7,12-13H,8-11,14H2,1H3,(H,24,27). The zero-order chi connectivity index (χ0) is 22.7. The number of pyridine rings is 1. The maximum Gasteiger partial charge on any atom is 0.243 e. The summed E-state index contributed by atoms with van der Waals surface area (Å²) in [7, 11) is -3.59. The number of ether oxygens (including phenoxy) is 1. The van der Waals surface area contributed by atoms with Gasteiger partial charge in [-0.25, -0.2) is 17.8 Å². The molecule has 1 aromatic heterocycles. The van der Waals surface area contributed by atoms with Gasteiger partial charge in [-0.15, -0.1) is 0 Å². The van der Waals surface area contributed by atoms with Gasteiger partial charge in [0.1, 0.15) is 5.82 Å². The second-order valence-electron chi connectivity index (χ2n) is 7.32. The Hall–Kier alpha value is -2.53. The second-order valence-corrected chi connectivity index (χ2v) is 10.3. The Labute approximate surface area is 190 Å². The molecule has 1 aliphatic rings. The van der Waals surface area contributed by atoms with E-state index in [2.05, 4.69) is 10.3 Å². The van der Waals surface area contributed by atoms with Crippen LogP contribution >= 0.6 is 11.8 Å². The van der Waals surface area contributed by atoms with Crippen molar-refractivity contribution in [3.8, 4) is 0 Å². The third-order valence-electron chi connectivity index (χ3n) is 5.05. The highest BCUT2D eigenvalue weighted by atomic mass is 32.2. The predicted octanol–water partition coefficient (Wildman–Crippen LogP) is 3.43.